The SMILES string of the molecule is Cc1cc(Cl)ccc1-c1ccc(NC(=O)C(Cc2ccc(C(=O)NCCS(=O)(=O)O)cc2)c2ccc(C3CCC(C(C)(C)C)CC3)cc2)cc1. The van der Waals surface area contributed by atoms with Crippen LogP contribution >= 0.6 is 11.6 Å². The normalized spacial score (nSPS) is 17.2. The van der Waals surface area contributed by atoms with E-state index in [-0.39, 0.29) is 12.5 Å². The molecule has 1 aliphatic rings. The first-order valence-corrected chi connectivity index (χ1v) is 19.2. The summed E-state index contributed by atoms with van der Waals surface area (Å²) in [4.78, 5) is 26.5. The monoisotopic (exact) mass is 714 g/mol. The van der Waals surface area contributed by atoms with Gasteiger partial charge in [-0.2, -0.15) is 8.42 Å². The van der Waals surface area contributed by atoms with Gasteiger partial charge in [0.25, 0.3) is 16.0 Å². The highest BCUT2D eigenvalue weighted by atomic mass is 35.5. The summed E-state index contributed by atoms with van der Waals surface area (Å²) in [6, 6.07) is 29.0. The lowest BCUT2D eigenvalue weighted by molar-refractivity contribution is -0.117. The highest BCUT2D eigenvalue weighted by Gasteiger charge is 2.30. The first kappa shape index (κ1) is 37.3. The molecule has 4 aromatic carbocycles. The van der Waals surface area contributed by atoms with Crippen LogP contribution in [0.3, 0.4) is 0 Å². The summed E-state index contributed by atoms with van der Waals surface area (Å²) < 4.78 is 30.9. The molecule has 1 saturated carbocycles. The van der Waals surface area contributed by atoms with Crippen molar-refractivity contribution in [1.82, 2.24) is 5.32 Å². The number of anilines is 1. The minimum Gasteiger partial charge on any atom is -0.351 e. The van der Waals surface area contributed by atoms with E-state index in [1.165, 1.54) is 31.2 Å². The number of carbonyl (C=O) groups excluding carboxylic acids is 2. The van der Waals surface area contributed by atoms with Gasteiger partial charge in [-0.25, -0.2) is 0 Å². The summed E-state index contributed by atoms with van der Waals surface area (Å²) in [6.07, 6.45) is 5.21. The van der Waals surface area contributed by atoms with Crippen molar-refractivity contribution < 1.29 is 22.6 Å². The molecule has 0 aromatic heterocycles. The van der Waals surface area contributed by atoms with Gasteiger partial charge in [-0.3, -0.25) is 14.1 Å². The molecule has 3 N–H and O–H groups in total. The van der Waals surface area contributed by atoms with E-state index in [9.17, 15) is 18.0 Å². The molecule has 9 heteroatoms. The third-order valence-corrected chi connectivity index (χ3v) is 11.0. The molecule has 0 bridgehead atoms. The zero-order valence-electron chi connectivity index (χ0n) is 29.2. The summed E-state index contributed by atoms with van der Waals surface area (Å²) in [5.41, 5.74) is 7.66. The largest absolute Gasteiger partial charge is 0.351 e. The summed E-state index contributed by atoms with van der Waals surface area (Å²) in [5, 5.41) is 6.32. The maximum absolute atomic E-state index is 14.0. The molecule has 0 spiro atoms. The van der Waals surface area contributed by atoms with Gasteiger partial charge in [0.05, 0.1) is 11.7 Å². The average Bonchev–Trinajstić information content (AvgIpc) is 3.07. The summed E-state index contributed by atoms with van der Waals surface area (Å²) in [7, 11) is -4.17. The molecule has 0 aliphatic heterocycles. The lowest BCUT2D eigenvalue weighted by Gasteiger charge is -2.37. The molecule has 1 atom stereocenters. The lowest BCUT2D eigenvalue weighted by atomic mass is 9.68. The van der Waals surface area contributed by atoms with E-state index >= 15 is 0 Å². The van der Waals surface area contributed by atoms with Gasteiger partial charge in [-0.1, -0.05) is 87.0 Å². The minimum atomic E-state index is -4.17. The Balaban J connectivity index is 1.33. The van der Waals surface area contributed by atoms with Crippen LogP contribution in [0.15, 0.2) is 91.0 Å². The van der Waals surface area contributed by atoms with Gasteiger partial charge in [-0.15, -0.1) is 0 Å². The molecule has 50 heavy (non-hydrogen) atoms. The third-order valence-electron chi connectivity index (χ3n) is 10.0. The Bertz CT molecular complexity index is 1890. The number of halogens is 1. The van der Waals surface area contributed by atoms with Gasteiger partial charge in [0.15, 0.2) is 0 Å². The quantitative estimate of drug-likeness (QED) is 0.134. The third kappa shape index (κ3) is 10.1. The second-order valence-electron chi connectivity index (χ2n) is 14.6. The van der Waals surface area contributed by atoms with Crippen LogP contribution in [0.5, 0.6) is 0 Å². The fourth-order valence-corrected chi connectivity index (χ4v) is 7.58. The van der Waals surface area contributed by atoms with Crippen molar-refractivity contribution in [2.45, 2.75) is 71.6 Å². The highest BCUT2D eigenvalue weighted by Crippen LogP contribution is 2.43. The zero-order valence-corrected chi connectivity index (χ0v) is 30.8. The van der Waals surface area contributed by atoms with Crippen LogP contribution < -0.4 is 10.6 Å². The number of amides is 2. The van der Waals surface area contributed by atoms with Crippen molar-refractivity contribution in [3.05, 3.63) is 124 Å². The van der Waals surface area contributed by atoms with Gasteiger partial charge < -0.3 is 10.6 Å². The molecule has 1 fully saturated rings. The van der Waals surface area contributed by atoms with Crippen LogP contribution in [0.1, 0.15) is 90.9 Å². The molecule has 0 saturated heterocycles. The lowest BCUT2D eigenvalue weighted by Crippen LogP contribution is -2.28. The first-order chi connectivity index (χ1) is 23.7. The molecule has 4 aromatic rings. The molecule has 0 heterocycles. The van der Waals surface area contributed by atoms with Crippen molar-refractivity contribution in [2.75, 3.05) is 17.6 Å². The van der Waals surface area contributed by atoms with E-state index in [1.807, 2.05) is 61.5 Å². The van der Waals surface area contributed by atoms with Crippen molar-refractivity contribution >= 4 is 39.2 Å². The van der Waals surface area contributed by atoms with Gasteiger partial charge in [0.2, 0.25) is 5.91 Å². The number of benzene rings is 4. The smallest absolute Gasteiger partial charge is 0.266 e. The van der Waals surface area contributed by atoms with Crippen LogP contribution in [-0.4, -0.2) is 37.1 Å². The number of hydrogen-bond donors (Lipinski definition) is 3. The predicted octanol–water partition coefficient (Wildman–Crippen LogP) is 9.22. The summed E-state index contributed by atoms with van der Waals surface area (Å²) in [5.74, 6) is -0.370. The van der Waals surface area contributed by atoms with Gasteiger partial charge in [0, 0.05) is 22.8 Å². The number of nitrogens with one attached hydrogen (secondary N) is 2. The molecule has 1 aliphatic carbocycles. The van der Waals surface area contributed by atoms with Crippen molar-refractivity contribution in [1.29, 1.82) is 0 Å². The fraction of sp³-hybridized carbons (Fsp3) is 0.366. The predicted molar refractivity (Wildman–Crippen MR) is 202 cm³/mol. The maximum Gasteiger partial charge on any atom is 0.266 e. The Morgan fingerprint density at radius 2 is 1.52 bits per heavy atom. The van der Waals surface area contributed by atoms with Crippen molar-refractivity contribution in [2.24, 2.45) is 11.3 Å². The first-order valence-electron chi connectivity index (χ1n) is 17.3. The molecule has 0 radical (unpaired) electrons. The molecule has 7 nitrogen and oxygen atoms in total. The van der Waals surface area contributed by atoms with Crippen LogP contribution in [0.4, 0.5) is 5.69 Å². The number of aryl methyl sites for hydroxylation is 1. The van der Waals surface area contributed by atoms with Crippen LogP contribution in [0.25, 0.3) is 11.1 Å². The average molecular weight is 715 g/mol. The van der Waals surface area contributed by atoms with Crippen molar-refractivity contribution in [3.8, 4) is 11.1 Å². The maximum atomic E-state index is 14.0. The number of carbonyl (C=O) groups is 2. The molecule has 1 unspecified atom stereocenters. The minimum absolute atomic E-state index is 0.133. The Morgan fingerprint density at radius 3 is 2.10 bits per heavy atom. The Morgan fingerprint density at radius 1 is 0.880 bits per heavy atom. The van der Waals surface area contributed by atoms with Crippen LogP contribution in [-0.2, 0) is 21.3 Å². The zero-order chi connectivity index (χ0) is 36.1. The summed E-state index contributed by atoms with van der Waals surface area (Å²) >= 11 is 6.16. The fourth-order valence-electron chi connectivity index (χ4n) is 6.99. The molecule has 5 rings (SSSR count). The van der Waals surface area contributed by atoms with Crippen LogP contribution in [0.2, 0.25) is 5.02 Å². The Labute approximate surface area is 301 Å². The van der Waals surface area contributed by atoms with Crippen molar-refractivity contribution in [3.63, 3.8) is 0 Å². The van der Waals surface area contributed by atoms with E-state index in [0.717, 1.165) is 33.7 Å². The standard InChI is InChI=1S/C41H47ClN2O5S/c1-27-25-35(42)19-22-37(27)31-15-20-36(21-16-31)44-40(46)38(26-28-5-7-33(8-6-28)39(45)43-23-24-50(47,48)49)32-11-9-29(10-12-32)30-13-17-34(18-14-30)41(2,3)4/h5-12,15-16,19-22,25,30,34,38H,13-14,17-18,23-24,26H2,1-4H3,(H,43,45)(H,44,46)(H,47,48,49). The molecule has 2 amide bonds. The van der Waals surface area contributed by atoms with E-state index in [0.29, 0.717) is 34.0 Å². The summed E-state index contributed by atoms with van der Waals surface area (Å²) in [6.45, 7) is 8.83. The molecule has 264 valence electrons. The van der Waals surface area contributed by atoms with Crippen LogP contribution in [0, 0.1) is 18.3 Å². The molecular formula is C41H47ClN2O5S. The van der Waals surface area contributed by atoms with E-state index in [2.05, 4.69) is 55.7 Å². The highest BCUT2D eigenvalue weighted by molar-refractivity contribution is 7.85. The number of rotatable bonds is 11. The Hall–Kier alpha value is -3.98. The van der Waals surface area contributed by atoms with Gasteiger partial charge in [-0.05, 0) is 126 Å². The molecular weight excluding hydrogens is 668 g/mol. The van der Waals surface area contributed by atoms with E-state index in [4.69, 9.17) is 16.2 Å². The number of hydrogen-bond acceptors (Lipinski definition) is 4. The van der Waals surface area contributed by atoms with E-state index in [1.54, 1.807) is 12.1 Å². The second-order valence-corrected chi connectivity index (χ2v) is 16.6. The second kappa shape index (κ2) is 15.9. The van der Waals surface area contributed by atoms with E-state index < -0.39 is 27.7 Å². The Kier molecular flexibility index (Phi) is 11.9. The van der Waals surface area contributed by atoms with Gasteiger partial charge in [0.1, 0.15) is 0 Å². The topological polar surface area (TPSA) is 113 Å². The van der Waals surface area contributed by atoms with Gasteiger partial charge >= 0.3 is 0 Å².